The van der Waals surface area contributed by atoms with Crippen molar-refractivity contribution in [3.8, 4) is 0 Å². The molecule has 1 aliphatic heterocycles. The Morgan fingerprint density at radius 1 is 1.08 bits per heavy atom. The number of carbonyl (C=O) groups excluding carboxylic acids is 2. The van der Waals surface area contributed by atoms with Gasteiger partial charge in [-0.3, -0.25) is 4.79 Å². The van der Waals surface area contributed by atoms with E-state index in [0.29, 0.717) is 24.3 Å². The standard InChI is InChI=1S/C19H30N4O2/c1-5-22(6-2)18(24)16-14-15(20-19(25)21(3)4)10-11-17(16)23-12-8-7-9-13-23/h10-11,14H,5-9,12-13H2,1-4H3,(H,20,25). The third-order valence-electron chi connectivity index (χ3n) is 4.63. The predicted molar refractivity (Wildman–Crippen MR) is 102 cm³/mol. The van der Waals surface area contributed by atoms with E-state index in [9.17, 15) is 9.59 Å². The molecule has 1 aromatic carbocycles. The second kappa shape index (κ2) is 8.74. The molecule has 0 atom stereocenters. The number of urea groups is 1. The Balaban J connectivity index is 2.37. The molecule has 0 spiro atoms. The van der Waals surface area contributed by atoms with Crippen LogP contribution in [-0.4, -0.2) is 62.0 Å². The molecule has 1 aliphatic rings. The summed E-state index contributed by atoms with van der Waals surface area (Å²) in [4.78, 5) is 30.5. The van der Waals surface area contributed by atoms with E-state index in [-0.39, 0.29) is 11.9 Å². The first-order valence-corrected chi connectivity index (χ1v) is 9.14. The second-order valence-corrected chi connectivity index (χ2v) is 6.58. The summed E-state index contributed by atoms with van der Waals surface area (Å²) >= 11 is 0. The molecule has 0 unspecified atom stereocenters. The van der Waals surface area contributed by atoms with E-state index in [0.717, 1.165) is 31.6 Å². The quantitative estimate of drug-likeness (QED) is 0.890. The van der Waals surface area contributed by atoms with Crippen molar-refractivity contribution in [3.05, 3.63) is 23.8 Å². The summed E-state index contributed by atoms with van der Waals surface area (Å²) in [6, 6.07) is 5.45. The second-order valence-electron chi connectivity index (χ2n) is 6.58. The van der Waals surface area contributed by atoms with Gasteiger partial charge in [-0.25, -0.2) is 4.79 Å². The summed E-state index contributed by atoms with van der Waals surface area (Å²) < 4.78 is 0. The number of amides is 3. The highest BCUT2D eigenvalue weighted by Gasteiger charge is 2.22. The maximum atomic E-state index is 13.0. The molecule has 1 N–H and O–H groups in total. The van der Waals surface area contributed by atoms with Crippen LogP contribution in [0.5, 0.6) is 0 Å². The maximum absolute atomic E-state index is 13.0. The van der Waals surface area contributed by atoms with Gasteiger partial charge in [0, 0.05) is 51.6 Å². The fourth-order valence-corrected chi connectivity index (χ4v) is 3.11. The van der Waals surface area contributed by atoms with Crippen molar-refractivity contribution in [1.29, 1.82) is 0 Å². The fourth-order valence-electron chi connectivity index (χ4n) is 3.11. The van der Waals surface area contributed by atoms with E-state index < -0.39 is 0 Å². The van der Waals surface area contributed by atoms with Crippen molar-refractivity contribution in [2.45, 2.75) is 33.1 Å². The van der Waals surface area contributed by atoms with Crippen molar-refractivity contribution in [3.63, 3.8) is 0 Å². The molecule has 0 bridgehead atoms. The molecule has 0 aliphatic carbocycles. The molecule has 0 aromatic heterocycles. The van der Waals surface area contributed by atoms with Gasteiger partial charge in [0.25, 0.3) is 5.91 Å². The maximum Gasteiger partial charge on any atom is 0.321 e. The van der Waals surface area contributed by atoms with Crippen LogP contribution in [0.25, 0.3) is 0 Å². The first-order chi connectivity index (χ1) is 12.0. The number of anilines is 2. The van der Waals surface area contributed by atoms with Crippen LogP contribution in [-0.2, 0) is 0 Å². The lowest BCUT2D eigenvalue weighted by Crippen LogP contribution is -2.35. The van der Waals surface area contributed by atoms with E-state index in [1.54, 1.807) is 14.1 Å². The smallest absolute Gasteiger partial charge is 0.321 e. The molecular formula is C19H30N4O2. The molecule has 6 nitrogen and oxygen atoms in total. The lowest BCUT2D eigenvalue weighted by molar-refractivity contribution is 0.0773. The van der Waals surface area contributed by atoms with Gasteiger partial charge in [0.05, 0.1) is 5.56 Å². The summed E-state index contributed by atoms with van der Waals surface area (Å²) in [5.74, 6) is 0.0199. The van der Waals surface area contributed by atoms with Gasteiger partial charge >= 0.3 is 6.03 Å². The van der Waals surface area contributed by atoms with Crippen LogP contribution in [0, 0.1) is 0 Å². The van der Waals surface area contributed by atoms with Crippen molar-refractivity contribution < 1.29 is 9.59 Å². The first kappa shape index (κ1) is 19.1. The Kier molecular flexibility index (Phi) is 6.67. The molecule has 25 heavy (non-hydrogen) atoms. The number of hydrogen-bond donors (Lipinski definition) is 1. The van der Waals surface area contributed by atoms with E-state index >= 15 is 0 Å². The van der Waals surface area contributed by atoms with Crippen LogP contribution in [0.4, 0.5) is 16.2 Å². The number of nitrogens with one attached hydrogen (secondary N) is 1. The average Bonchev–Trinajstić information content (AvgIpc) is 2.63. The van der Waals surface area contributed by atoms with E-state index in [1.807, 2.05) is 36.9 Å². The van der Waals surface area contributed by atoms with Crippen LogP contribution in [0.1, 0.15) is 43.5 Å². The number of rotatable bonds is 5. The minimum absolute atomic E-state index is 0.0199. The lowest BCUT2D eigenvalue weighted by atomic mass is 10.1. The molecule has 6 heteroatoms. The zero-order valence-corrected chi connectivity index (χ0v) is 15.8. The van der Waals surface area contributed by atoms with E-state index in [2.05, 4.69) is 10.2 Å². The van der Waals surface area contributed by atoms with Gasteiger partial charge in [0.2, 0.25) is 0 Å². The Morgan fingerprint density at radius 2 is 1.72 bits per heavy atom. The van der Waals surface area contributed by atoms with Crippen molar-refractivity contribution in [2.75, 3.05) is 50.5 Å². The molecule has 1 aromatic rings. The van der Waals surface area contributed by atoms with Gasteiger partial charge in [-0.1, -0.05) is 0 Å². The van der Waals surface area contributed by atoms with Crippen LogP contribution in [0.3, 0.4) is 0 Å². The largest absolute Gasteiger partial charge is 0.371 e. The van der Waals surface area contributed by atoms with Crippen LogP contribution < -0.4 is 10.2 Å². The van der Waals surface area contributed by atoms with Crippen molar-refractivity contribution in [1.82, 2.24) is 9.80 Å². The van der Waals surface area contributed by atoms with Crippen molar-refractivity contribution >= 4 is 23.3 Å². The molecule has 0 radical (unpaired) electrons. The van der Waals surface area contributed by atoms with Crippen LogP contribution >= 0.6 is 0 Å². The predicted octanol–water partition coefficient (Wildman–Crippen LogP) is 3.25. The molecule has 3 amide bonds. The number of piperidine rings is 1. The molecule has 2 rings (SSSR count). The summed E-state index contributed by atoms with van der Waals surface area (Å²) in [5.41, 5.74) is 2.29. The zero-order chi connectivity index (χ0) is 18.4. The van der Waals surface area contributed by atoms with E-state index in [4.69, 9.17) is 0 Å². The third kappa shape index (κ3) is 4.65. The molecule has 0 saturated carbocycles. The first-order valence-electron chi connectivity index (χ1n) is 9.14. The van der Waals surface area contributed by atoms with Gasteiger partial charge in [0.15, 0.2) is 0 Å². The van der Waals surface area contributed by atoms with Gasteiger partial charge in [0.1, 0.15) is 0 Å². The Bertz CT molecular complexity index is 605. The molecule has 1 fully saturated rings. The van der Waals surface area contributed by atoms with Gasteiger partial charge in [-0.15, -0.1) is 0 Å². The lowest BCUT2D eigenvalue weighted by Gasteiger charge is -2.31. The SMILES string of the molecule is CCN(CC)C(=O)c1cc(NC(=O)N(C)C)ccc1N1CCCCC1. The molecular weight excluding hydrogens is 316 g/mol. The minimum Gasteiger partial charge on any atom is -0.371 e. The minimum atomic E-state index is -0.202. The fraction of sp³-hybridized carbons (Fsp3) is 0.579. The highest BCUT2D eigenvalue weighted by atomic mass is 16.2. The number of nitrogens with zero attached hydrogens (tertiary/aromatic N) is 3. The Hall–Kier alpha value is -2.24. The van der Waals surface area contributed by atoms with Crippen molar-refractivity contribution in [2.24, 2.45) is 0 Å². The normalized spacial score (nSPS) is 14.2. The number of carbonyl (C=O) groups is 2. The third-order valence-corrected chi connectivity index (χ3v) is 4.63. The monoisotopic (exact) mass is 346 g/mol. The average molecular weight is 346 g/mol. The molecule has 1 saturated heterocycles. The Morgan fingerprint density at radius 3 is 2.28 bits per heavy atom. The highest BCUT2D eigenvalue weighted by molar-refractivity contribution is 6.02. The topological polar surface area (TPSA) is 55.9 Å². The zero-order valence-electron chi connectivity index (χ0n) is 15.8. The highest BCUT2D eigenvalue weighted by Crippen LogP contribution is 2.28. The number of hydrogen-bond acceptors (Lipinski definition) is 3. The number of benzene rings is 1. The Labute approximate surface area is 150 Å². The summed E-state index contributed by atoms with van der Waals surface area (Å²) in [6.45, 7) is 7.26. The molecule has 138 valence electrons. The van der Waals surface area contributed by atoms with Crippen LogP contribution in [0.15, 0.2) is 18.2 Å². The van der Waals surface area contributed by atoms with E-state index in [1.165, 1.54) is 11.3 Å². The van der Waals surface area contributed by atoms with Gasteiger partial charge in [-0.05, 0) is 51.3 Å². The summed E-state index contributed by atoms with van der Waals surface area (Å²) in [5, 5.41) is 2.84. The van der Waals surface area contributed by atoms with Crippen LogP contribution in [0.2, 0.25) is 0 Å². The summed E-state index contributed by atoms with van der Waals surface area (Å²) in [6.07, 6.45) is 3.54. The molecule has 1 heterocycles. The van der Waals surface area contributed by atoms with Gasteiger partial charge < -0.3 is 20.0 Å². The van der Waals surface area contributed by atoms with Gasteiger partial charge in [-0.2, -0.15) is 0 Å². The summed E-state index contributed by atoms with van der Waals surface area (Å²) in [7, 11) is 3.39.